The number of nitrogens with zero attached hydrogens (tertiary/aromatic N) is 1. The van der Waals surface area contributed by atoms with Crippen LogP contribution in [-0.2, 0) is 16.1 Å². The second-order valence-corrected chi connectivity index (χ2v) is 7.13. The van der Waals surface area contributed by atoms with E-state index in [-0.39, 0.29) is 11.8 Å². The first-order valence-electron chi connectivity index (χ1n) is 8.62. The van der Waals surface area contributed by atoms with Crippen molar-refractivity contribution in [3.63, 3.8) is 0 Å². The minimum atomic E-state index is -0.353. The maximum absolute atomic E-state index is 12.4. The van der Waals surface area contributed by atoms with Gasteiger partial charge in [0.25, 0.3) is 0 Å². The van der Waals surface area contributed by atoms with Gasteiger partial charge in [-0.2, -0.15) is 0 Å². The van der Waals surface area contributed by atoms with Gasteiger partial charge in [0.05, 0.1) is 14.1 Å². The van der Waals surface area contributed by atoms with Crippen LogP contribution < -0.4 is 0 Å². The smallest absolute Gasteiger partial charge is 0.333 e. The molecular weight excluding hydrogens is 326 g/mol. The summed E-state index contributed by atoms with van der Waals surface area (Å²) in [6.07, 6.45) is 0. The lowest BCUT2D eigenvalue weighted by atomic mass is 10.0. The van der Waals surface area contributed by atoms with Crippen LogP contribution in [0.2, 0.25) is 0 Å². The molecule has 2 aromatic carbocycles. The van der Waals surface area contributed by atoms with E-state index in [1.54, 1.807) is 6.92 Å². The number of ketones is 1. The summed E-state index contributed by atoms with van der Waals surface area (Å²) in [5.41, 5.74) is 2.91. The molecule has 2 rings (SSSR count). The van der Waals surface area contributed by atoms with Crippen LogP contribution in [0.4, 0.5) is 0 Å². The molecule has 0 amide bonds. The van der Waals surface area contributed by atoms with Crippen LogP contribution in [-0.4, -0.2) is 43.5 Å². The molecule has 0 N–H and O–H groups in total. The van der Waals surface area contributed by atoms with Crippen molar-refractivity contribution in [3.05, 3.63) is 83.4 Å². The van der Waals surface area contributed by atoms with E-state index in [9.17, 15) is 9.59 Å². The van der Waals surface area contributed by atoms with E-state index in [0.29, 0.717) is 34.3 Å². The Balaban J connectivity index is 1.94. The molecule has 0 saturated heterocycles. The number of hydrogen-bond acceptors (Lipinski definition) is 3. The van der Waals surface area contributed by atoms with Gasteiger partial charge in [-0.05, 0) is 6.92 Å². The first-order chi connectivity index (χ1) is 12.3. The van der Waals surface area contributed by atoms with Crippen molar-refractivity contribution in [2.45, 2.75) is 13.5 Å². The van der Waals surface area contributed by atoms with Gasteiger partial charge in [-0.1, -0.05) is 61.2 Å². The van der Waals surface area contributed by atoms with E-state index in [2.05, 4.69) is 20.7 Å². The third-order valence-electron chi connectivity index (χ3n) is 4.14. The van der Waals surface area contributed by atoms with Crippen molar-refractivity contribution in [2.75, 3.05) is 27.2 Å². The fourth-order valence-electron chi connectivity index (χ4n) is 2.60. The predicted molar refractivity (Wildman–Crippen MR) is 103 cm³/mol. The molecule has 2 aromatic rings. The zero-order valence-corrected chi connectivity index (χ0v) is 15.7. The van der Waals surface area contributed by atoms with Crippen molar-refractivity contribution >= 4 is 11.8 Å². The monoisotopic (exact) mass is 352 g/mol. The number of esters is 1. The Kier molecular flexibility index (Phi) is 6.47. The van der Waals surface area contributed by atoms with E-state index >= 15 is 0 Å². The van der Waals surface area contributed by atoms with E-state index in [1.807, 2.05) is 54.6 Å². The third kappa shape index (κ3) is 5.67. The first-order valence-corrected chi connectivity index (χ1v) is 8.62. The molecule has 0 heterocycles. The molecule has 0 fully saturated rings. The number of hydrogen-bond donors (Lipinski definition) is 0. The van der Waals surface area contributed by atoms with Crippen LogP contribution >= 0.6 is 0 Å². The summed E-state index contributed by atoms with van der Waals surface area (Å²) >= 11 is 0. The Labute approximate surface area is 155 Å². The zero-order valence-electron chi connectivity index (χ0n) is 15.7. The van der Waals surface area contributed by atoms with Crippen LogP contribution in [0.15, 0.2) is 66.7 Å². The SMILES string of the molecule is C=C(C)C(=O)OCC[N+](C)(C)Cc1ccc(C(=O)c2ccccc2)cc1. The average Bonchev–Trinajstić information content (AvgIpc) is 2.62. The van der Waals surface area contributed by atoms with Crippen molar-refractivity contribution in [3.8, 4) is 0 Å². The minimum absolute atomic E-state index is 0.0256. The lowest BCUT2D eigenvalue weighted by Crippen LogP contribution is -2.41. The Bertz CT molecular complexity index is 777. The van der Waals surface area contributed by atoms with E-state index in [4.69, 9.17) is 4.74 Å². The second kappa shape index (κ2) is 8.59. The Hall–Kier alpha value is -2.72. The van der Waals surface area contributed by atoms with Gasteiger partial charge in [0.1, 0.15) is 19.7 Å². The highest BCUT2D eigenvalue weighted by molar-refractivity contribution is 6.08. The molecule has 0 aliphatic heterocycles. The largest absolute Gasteiger partial charge is 0.456 e. The van der Waals surface area contributed by atoms with E-state index in [0.717, 1.165) is 12.1 Å². The zero-order chi connectivity index (χ0) is 19.2. The molecular formula is C22H26NO3+. The minimum Gasteiger partial charge on any atom is -0.456 e. The van der Waals surface area contributed by atoms with Crippen molar-refractivity contribution in [1.29, 1.82) is 0 Å². The standard InChI is InChI=1S/C22H26NO3/c1-17(2)22(25)26-15-14-23(3,4)16-18-10-12-20(13-11-18)21(24)19-8-6-5-7-9-19/h5-13H,1,14-16H2,2-4H3/q+1. The van der Waals surface area contributed by atoms with E-state index < -0.39 is 0 Å². The lowest BCUT2D eigenvalue weighted by Gasteiger charge is -2.29. The van der Waals surface area contributed by atoms with Gasteiger partial charge in [0.15, 0.2) is 5.78 Å². The molecule has 0 radical (unpaired) electrons. The van der Waals surface area contributed by atoms with Gasteiger partial charge in [0.2, 0.25) is 0 Å². The molecule has 0 unspecified atom stereocenters. The number of likely N-dealkylation sites (N-methyl/N-ethyl adjacent to an activating group) is 1. The number of benzene rings is 2. The molecule has 0 spiro atoms. The van der Waals surface area contributed by atoms with Crippen molar-refractivity contribution in [1.82, 2.24) is 0 Å². The molecule has 0 atom stereocenters. The Morgan fingerprint density at radius 2 is 1.54 bits per heavy atom. The highest BCUT2D eigenvalue weighted by Crippen LogP contribution is 2.14. The number of ether oxygens (including phenoxy) is 1. The molecule has 0 aromatic heterocycles. The summed E-state index contributed by atoms with van der Waals surface area (Å²) in [7, 11) is 4.16. The summed E-state index contributed by atoms with van der Waals surface area (Å²) in [6.45, 7) is 7.05. The first kappa shape index (κ1) is 19.6. The Morgan fingerprint density at radius 3 is 2.12 bits per heavy atom. The highest BCUT2D eigenvalue weighted by Gasteiger charge is 2.17. The summed E-state index contributed by atoms with van der Waals surface area (Å²) < 4.78 is 5.85. The van der Waals surface area contributed by atoms with E-state index in [1.165, 1.54) is 0 Å². The average molecular weight is 352 g/mol. The van der Waals surface area contributed by atoms with Crippen LogP contribution in [0, 0.1) is 0 Å². The summed E-state index contributed by atoms with van der Waals surface area (Å²) in [5.74, 6) is -0.327. The normalized spacial score (nSPS) is 11.0. The summed E-state index contributed by atoms with van der Waals surface area (Å²) in [4.78, 5) is 23.9. The highest BCUT2D eigenvalue weighted by atomic mass is 16.5. The topological polar surface area (TPSA) is 43.4 Å². The molecule has 0 aliphatic rings. The fraction of sp³-hybridized carbons (Fsp3) is 0.273. The molecule has 4 heteroatoms. The van der Waals surface area contributed by atoms with Crippen molar-refractivity contribution < 1.29 is 18.8 Å². The molecule has 136 valence electrons. The Morgan fingerprint density at radius 1 is 0.962 bits per heavy atom. The molecule has 26 heavy (non-hydrogen) atoms. The maximum Gasteiger partial charge on any atom is 0.333 e. The molecule has 0 saturated carbocycles. The molecule has 4 nitrogen and oxygen atoms in total. The number of carbonyl (C=O) groups is 2. The predicted octanol–water partition coefficient (Wildman–Crippen LogP) is 3.61. The fourth-order valence-corrected chi connectivity index (χ4v) is 2.60. The molecule has 0 aliphatic carbocycles. The van der Waals surface area contributed by atoms with Crippen molar-refractivity contribution in [2.24, 2.45) is 0 Å². The van der Waals surface area contributed by atoms with Gasteiger partial charge < -0.3 is 9.22 Å². The van der Waals surface area contributed by atoms with Gasteiger partial charge in [-0.25, -0.2) is 4.79 Å². The van der Waals surface area contributed by atoms with Gasteiger partial charge >= 0.3 is 5.97 Å². The maximum atomic E-state index is 12.4. The summed E-state index contributed by atoms with van der Waals surface area (Å²) in [5, 5.41) is 0. The van der Waals surface area contributed by atoms with Crippen LogP contribution in [0.25, 0.3) is 0 Å². The van der Waals surface area contributed by atoms with Crippen LogP contribution in [0.3, 0.4) is 0 Å². The summed E-state index contributed by atoms with van der Waals surface area (Å²) in [6, 6.07) is 17.0. The number of carbonyl (C=O) groups excluding carboxylic acids is 2. The van der Waals surface area contributed by atoms with Gasteiger partial charge in [0, 0.05) is 22.3 Å². The van der Waals surface area contributed by atoms with Crippen LogP contribution in [0.1, 0.15) is 28.4 Å². The number of quaternary nitrogens is 1. The quantitative estimate of drug-likeness (QED) is 0.315. The molecule has 0 bridgehead atoms. The van der Waals surface area contributed by atoms with Gasteiger partial charge in [-0.15, -0.1) is 0 Å². The second-order valence-electron chi connectivity index (χ2n) is 7.13. The third-order valence-corrected chi connectivity index (χ3v) is 4.14. The van der Waals surface area contributed by atoms with Crippen LogP contribution in [0.5, 0.6) is 0 Å². The lowest BCUT2D eigenvalue weighted by molar-refractivity contribution is -0.903. The van der Waals surface area contributed by atoms with Gasteiger partial charge in [-0.3, -0.25) is 4.79 Å². The number of rotatable bonds is 8.